The molecule has 3 heteroatoms. The Morgan fingerprint density at radius 2 is 1.02 bits per heavy atom. The minimum absolute atomic E-state index is 1.15. The van der Waals surface area contributed by atoms with Crippen LogP contribution >= 0.6 is 11.3 Å². The molecule has 0 N–H and O–H groups in total. The highest BCUT2D eigenvalue weighted by atomic mass is 32.1. The molecular weight excluding hydrogens is 565 g/mol. The van der Waals surface area contributed by atoms with Crippen LogP contribution in [0.25, 0.3) is 58.8 Å². The summed E-state index contributed by atoms with van der Waals surface area (Å²) in [5.41, 5.74) is 9.42. The van der Waals surface area contributed by atoms with Gasteiger partial charge in [-0.3, -0.25) is 0 Å². The van der Waals surface area contributed by atoms with E-state index >= 15 is 0 Å². The molecule has 45 heavy (non-hydrogen) atoms. The van der Waals surface area contributed by atoms with Crippen LogP contribution in [-0.4, -0.2) is 4.57 Å². The van der Waals surface area contributed by atoms with E-state index in [0.29, 0.717) is 0 Å². The van der Waals surface area contributed by atoms with Crippen LogP contribution in [0.1, 0.15) is 0 Å². The highest BCUT2D eigenvalue weighted by Gasteiger charge is 2.24. The molecule has 7 aromatic carbocycles. The van der Waals surface area contributed by atoms with E-state index in [2.05, 4.69) is 179 Å². The fourth-order valence-corrected chi connectivity index (χ4v) is 8.08. The second-order valence-electron chi connectivity index (χ2n) is 11.3. The van der Waals surface area contributed by atoms with Gasteiger partial charge in [0.15, 0.2) is 0 Å². The maximum absolute atomic E-state index is 2.50. The van der Waals surface area contributed by atoms with Crippen LogP contribution in [0.2, 0.25) is 0 Å². The van der Waals surface area contributed by atoms with Crippen LogP contribution < -0.4 is 4.90 Å². The third-order valence-electron chi connectivity index (χ3n) is 8.79. The molecule has 0 bridgehead atoms. The first kappa shape index (κ1) is 25.8. The quantitative estimate of drug-likeness (QED) is 0.193. The number of fused-ring (bicyclic) bond motifs is 6. The number of thiophene rings is 1. The van der Waals surface area contributed by atoms with E-state index in [4.69, 9.17) is 0 Å². The molecule has 9 aromatic rings. The maximum atomic E-state index is 2.50. The van der Waals surface area contributed by atoms with Crippen molar-refractivity contribution in [1.82, 2.24) is 4.57 Å². The molecule has 9 rings (SSSR count). The molecule has 0 saturated heterocycles. The summed E-state index contributed by atoms with van der Waals surface area (Å²) in [6.07, 6.45) is 0. The molecule has 0 atom stereocenters. The first-order valence-corrected chi connectivity index (χ1v) is 16.1. The lowest BCUT2D eigenvalue weighted by molar-refractivity contribution is 1.18. The first-order chi connectivity index (χ1) is 22.4. The Labute approximate surface area is 265 Å². The Balaban J connectivity index is 1.43. The molecule has 0 saturated carbocycles. The van der Waals surface area contributed by atoms with E-state index < -0.39 is 0 Å². The van der Waals surface area contributed by atoms with Crippen molar-refractivity contribution in [2.24, 2.45) is 0 Å². The average molecular weight is 593 g/mol. The predicted molar refractivity (Wildman–Crippen MR) is 194 cm³/mol. The Bertz CT molecular complexity index is 2490. The van der Waals surface area contributed by atoms with Gasteiger partial charge >= 0.3 is 0 Å². The minimum Gasteiger partial charge on any atom is -0.309 e. The third-order valence-corrected chi connectivity index (χ3v) is 9.99. The molecule has 0 fully saturated rings. The molecule has 0 amide bonds. The summed E-state index contributed by atoms with van der Waals surface area (Å²) in [7, 11) is 0. The number of benzene rings is 7. The Morgan fingerprint density at radius 3 is 1.89 bits per heavy atom. The monoisotopic (exact) mass is 592 g/mol. The topological polar surface area (TPSA) is 8.17 Å². The van der Waals surface area contributed by atoms with Gasteiger partial charge in [0, 0.05) is 37.5 Å². The lowest BCUT2D eigenvalue weighted by Crippen LogP contribution is -2.12. The Morgan fingerprint density at radius 1 is 0.422 bits per heavy atom. The molecular formula is C42H28N2S. The second kappa shape index (κ2) is 10.5. The molecule has 2 nitrogen and oxygen atoms in total. The summed E-state index contributed by atoms with van der Waals surface area (Å²) in [5.74, 6) is 0. The third kappa shape index (κ3) is 4.09. The number of anilines is 3. The fourth-order valence-electron chi connectivity index (χ4n) is 6.87. The van der Waals surface area contributed by atoms with Crippen LogP contribution in [0.15, 0.2) is 170 Å². The van der Waals surface area contributed by atoms with Crippen LogP contribution in [0, 0.1) is 0 Å². The van der Waals surface area contributed by atoms with Gasteiger partial charge in [0.2, 0.25) is 0 Å². The lowest BCUT2D eigenvalue weighted by atomic mass is 10.0. The predicted octanol–water partition coefficient (Wildman–Crippen LogP) is 12.3. The number of aromatic nitrogens is 1. The van der Waals surface area contributed by atoms with Crippen molar-refractivity contribution in [3.05, 3.63) is 170 Å². The summed E-state index contributed by atoms with van der Waals surface area (Å²) in [4.78, 5) is 2.50. The van der Waals surface area contributed by atoms with Crippen molar-refractivity contribution >= 4 is 70.4 Å². The smallest absolute Gasteiger partial charge is 0.0640 e. The molecule has 0 aliphatic carbocycles. The van der Waals surface area contributed by atoms with Crippen molar-refractivity contribution in [3.63, 3.8) is 0 Å². The van der Waals surface area contributed by atoms with Gasteiger partial charge in [-0.25, -0.2) is 0 Å². The molecule has 212 valence electrons. The van der Waals surface area contributed by atoms with Crippen molar-refractivity contribution in [3.8, 4) is 16.8 Å². The standard InChI is InChI=1S/C42H28N2S/c1-3-15-29(16-4-1)31-19-7-10-23-35(31)44(39-27-13-22-33-32-20-9-12-28-40(32)45-42(33)39)38-26-14-25-37-41(38)34-21-8-11-24-36(34)43(37)30-17-5-2-6-18-30/h1-28H. The Kier molecular flexibility index (Phi) is 6.03. The highest BCUT2D eigenvalue weighted by Crippen LogP contribution is 2.50. The molecule has 0 aliphatic rings. The van der Waals surface area contributed by atoms with Crippen molar-refractivity contribution in [2.45, 2.75) is 0 Å². The van der Waals surface area contributed by atoms with Crippen LogP contribution in [0.3, 0.4) is 0 Å². The number of nitrogens with zero attached hydrogens (tertiary/aromatic N) is 2. The van der Waals surface area contributed by atoms with E-state index in [-0.39, 0.29) is 0 Å². The summed E-state index contributed by atoms with van der Waals surface area (Å²) in [6.45, 7) is 0. The lowest BCUT2D eigenvalue weighted by Gasteiger charge is -2.29. The van der Waals surface area contributed by atoms with Gasteiger partial charge in [-0.2, -0.15) is 0 Å². The van der Waals surface area contributed by atoms with Gasteiger partial charge in [0.25, 0.3) is 0 Å². The van der Waals surface area contributed by atoms with Crippen LogP contribution in [0.4, 0.5) is 17.1 Å². The van der Waals surface area contributed by atoms with Gasteiger partial charge in [0.05, 0.1) is 32.8 Å². The highest BCUT2D eigenvalue weighted by molar-refractivity contribution is 7.26. The van der Waals surface area contributed by atoms with Gasteiger partial charge < -0.3 is 9.47 Å². The molecule has 2 aromatic heterocycles. The average Bonchev–Trinajstić information content (AvgIpc) is 3.66. The zero-order valence-corrected chi connectivity index (χ0v) is 25.3. The zero-order chi connectivity index (χ0) is 29.7. The summed E-state index contributed by atoms with van der Waals surface area (Å²) in [6, 6.07) is 61.3. The SMILES string of the molecule is c1ccc(-c2ccccc2N(c2cccc3c2sc2ccccc23)c2cccc3c2c2ccccc2n3-c2ccccc2)cc1. The molecule has 0 aliphatic heterocycles. The molecule has 2 heterocycles. The fraction of sp³-hybridized carbons (Fsp3) is 0. The molecule has 0 radical (unpaired) electrons. The summed E-state index contributed by atoms with van der Waals surface area (Å²) >= 11 is 1.87. The molecule has 0 spiro atoms. The van der Waals surface area contributed by atoms with Crippen LogP contribution in [0.5, 0.6) is 0 Å². The number of hydrogen-bond donors (Lipinski definition) is 0. The van der Waals surface area contributed by atoms with E-state index in [1.54, 1.807) is 0 Å². The minimum atomic E-state index is 1.15. The zero-order valence-electron chi connectivity index (χ0n) is 24.5. The van der Waals surface area contributed by atoms with Gasteiger partial charge in [-0.15, -0.1) is 11.3 Å². The summed E-state index contributed by atoms with van der Waals surface area (Å²) in [5, 5.41) is 5.05. The molecule has 0 unspecified atom stereocenters. The van der Waals surface area contributed by atoms with E-state index in [0.717, 1.165) is 17.1 Å². The van der Waals surface area contributed by atoms with Crippen LogP contribution in [-0.2, 0) is 0 Å². The number of hydrogen-bond acceptors (Lipinski definition) is 2. The van der Waals surface area contributed by atoms with Crippen molar-refractivity contribution in [2.75, 3.05) is 4.90 Å². The van der Waals surface area contributed by atoms with Gasteiger partial charge in [-0.05, 0) is 54.1 Å². The van der Waals surface area contributed by atoms with E-state index in [1.807, 2.05) is 11.3 Å². The summed E-state index contributed by atoms with van der Waals surface area (Å²) < 4.78 is 4.98. The first-order valence-electron chi connectivity index (χ1n) is 15.3. The van der Waals surface area contributed by atoms with Gasteiger partial charge in [-0.1, -0.05) is 121 Å². The number of rotatable bonds is 5. The van der Waals surface area contributed by atoms with E-state index in [9.17, 15) is 0 Å². The largest absolute Gasteiger partial charge is 0.309 e. The van der Waals surface area contributed by atoms with Crippen molar-refractivity contribution < 1.29 is 0 Å². The van der Waals surface area contributed by atoms with Gasteiger partial charge in [0.1, 0.15) is 0 Å². The Hall–Kier alpha value is -5.64. The normalized spacial score (nSPS) is 11.6. The second-order valence-corrected chi connectivity index (χ2v) is 12.4. The number of para-hydroxylation sites is 3. The van der Waals surface area contributed by atoms with Crippen molar-refractivity contribution in [1.29, 1.82) is 0 Å². The maximum Gasteiger partial charge on any atom is 0.0640 e. The van der Waals surface area contributed by atoms with E-state index in [1.165, 1.54) is 58.8 Å².